The number of rotatable bonds is 6. The smallest absolute Gasteiger partial charge is 0.326 e. The predicted molar refractivity (Wildman–Crippen MR) is 82.5 cm³/mol. The van der Waals surface area contributed by atoms with E-state index in [2.05, 4.69) is 5.10 Å². The molecule has 2 rings (SSSR count). The fraction of sp³-hybridized carbons (Fsp3) is 0.688. The number of nitrogens with zero attached hydrogens (tertiary/aromatic N) is 3. The maximum absolute atomic E-state index is 12.7. The van der Waals surface area contributed by atoms with Crippen molar-refractivity contribution in [2.75, 3.05) is 0 Å². The number of hydrogen-bond acceptors (Lipinski definition) is 3. The standard InChI is InChI=1S/C16H25N3O3/c1-9(8-14-10(2)17-18(5)11(14)3)15(20)19(13-6-7-13)12(4)16(21)22/h9,12-13H,6-8H2,1-5H3,(H,21,22). The van der Waals surface area contributed by atoms with E-state index in [0.29, 0.717) is 6.42 Å². The van der Waals surface area contributed by atoms with Gasteiger partial charge in [-0.25, -0.2) is 4.79 Å². The molecule has 22 heavy (non-hydrogen) atoms. The van der Waals surface area contributed by atoms with Crippen LogP contribution in [0.25, 0.3) is 0 Å². The van der Waals surface area contributed by atoms with Crippen molar-refractivity contribution in [1.82, 2.24) is 14.7 Å². The van der Waals surface area contributed by atoms with Crippen LogP contribution in [-0.2, 0) is 23.1 Å². The summed E-state index contributed by atoms with van der Waals surface area (Å²) in [6, 6.07) is -0.671. The van der Waals surface area contributed by atoms with Crippen molar-refractivity contribution in [3.05, 3.63) is 17.0 Å². The Labute approximate surface area is 131 Å². The highest BCUT2D eigenvalue weighted by Crippen LogP contribution is 2.31. The number of carbonyl (C=O) groups excluding carboxylic acids is 1. The Hall–Kier alpha value is -1.85. The lowest BCUT2D eigenvalue weighted by atomic mass is 9.97. The van der Waals surface area contributed by atoms with Crippen LogP contribution >= 0.6 is 0 Å². The molecule has 1 amide bonds. The first-order valence-corrected chi connectivity index (χ1v) is 7.78. The zero-order valence-corrected chi connectivity index (χ0v) is 14.0. The van der Waals surface area contributed by atoms with Gasteiger partial charge in [-0.05, 0) is 45.6 Å². The van der Waals surface area contributed by atoms with Gasteiger partial charge in [-0.15, -0.1) is 0 Å². The summed E-state index contributed by atoms with van der Waals surface area (Å²) in [5.41, 5.74) is 3.08. The summed E-state index contributed by atoms with van der Waals surface area (Å²) in [5, 5.41) is 13.6. The Bertz CT molecular complexity index is 590. The molecule has 1 aromatic heterocycles. The van der Waals surface area contributed by atoms with Gasteiger partial charge >= 0.3 is 5.97 Å². The minimum absolute atomic E-state index is 0.0694. The van der Waals surface area contributed by atoms with E-state index in [4.69, 9.17) is 0 Å². The van der Waals surface area contributed by atoms with E-state index in [0.717, 1.165) is 29.8 Å². The van der Waals surface area contributed by atoms with E-state index >= 15 is 0 Å². The van der Waals surface area contributed by atoms with Crippen molar-refractivity contribution in [2.24, 2.45) is 13.0 Å². The molecule has 0 spiro atoms. The van der Waals surface area contributed by atoms with Crippen LogP contribution in [0.15, 0.2) is 0 Å². The SMILES string of the molecule is Cc1nn(C)c(C)c1CC(C)C(=O)N(C1CC1)C(C)C(=O)O. The molecule has 1 aromatic rings. The van der Waals surface area contributed by atoms with E-state index in [-0.39, 0.29) is 17.9 Å². The largest absolute Gasteiger partial charge is 0.480 e. The van der Waals surface area contributed by atoms with Crippen molar-refractivity contribution in [2.45, 2.75) is 59.0 Å². The van der Waals surface area contributed by atoms with Crippen LogP contribution in [0.4, 0.5) is 0 Å². The maximum atomic E-state index is 12.7. The third-order valence-corrected chi connectivity index (χ3v) is 4.56. The highest BCUT2D eigenvalue weighted by molar-refractivity contribution is 5.85. The number of carbonyl (C=O) groups is 2. The normalized spacial score (nSPS) is 17.1. The number of carboxylic acid groups (broad SMARTS) is 1. The molecular formula is C16H25N3O3. The van der Waals surface area contributed by atoms with Crippen molar-refractivity contribution >= 4 is 11.9 Å². The summed E-state index contributed by atoms with van der Waals surface area (Å²) in [5.74, 6) is -1.26. The second kappa shape index (κ2) is 6.10. The summed E-state index contributed by atoms with van der Waals surface area (Å²) >= 11 is 0. The molecule has 2 unspecified atom stereocenters. The van der Waals surface area contributed by atoms with Gasteiger partial charge in [-0.2, -0.15) is 5.10 Å². The van der Waals surface area contributed by atoms with Gasteiger partial charge in [0.25, 0.3) is 0 Å². The molecule has 0 aliphatic heterocycles. The summed E-state index contributed by atoms with van der Waals surface area (Å²) in [7, 11) is 1.89. The van der Waals surface area contributed by atoms with Gasteiger partial charge in [0.2, 0.25) is 5.91 Å². The Balaban J connectivity index is 2.15. The van der Waals surface area contributed by atoms with Gasteiger partial charge in [0.05, 0.1) is 5.69 Å². The minimum atomic E-state index is -0.943. The summed E-state index contributed by atoms with van der Waals surface area (Å²) in [6.07, 6.45) is 2.40. The van der Waals surface area contributed by atoms with Gasteiger partial charge in [-0.3, -0.25) is 9.48 Å². The lowest BCUT2D eigenvalue weighted by molar-refractivity contribution is -0.151. The molecule has 1 heterocycles. The molecule has 1 saturated carbocycles. The van der Waals surface area contributed by atoms with Gasteiger partial charge < -0.3 is 10.0 Å². The second-order valence-electron chi connectivity index (χ2n) is 6.37. The lowest BCUT2D eigenvalue weighted by Crippen LogP contribution is -2.47. The third kappa shape index (κ3) is 3.15. The zero-order valence-electron chi connectivity index (χ0n) is 14.0. The van der Waals surface area contributed by atoms with E-state index in [1.165, 1.54) is 0 Å². The minimum Gasteiger partial charge on any atom is -0.480 e. The number of aromatic nitrogens is 2. The Morgan fingerprint density at radius 1 is 1.36 bits per heavy atom. The number of aliphatic carboxylic acids is 1. The average molecular weight is 307 g/mol. The number of aryl methyl sites for hydroxylation is 2. The van der Waals surface area contributed by atoms with E-state index in [1.807, 2.05) is 32.5 Å². The number of hydrogen-bond donors (Lipinski definition) is 1. The molecule has 0 radical (unpaired) electrons. The summed E-state index contributed by atoms with van der Waals surface area (Å²) < 4.78 is 1.82. The van der Waals surface area contributed by atoms with Crippen LogP contribution in [0.5, 0.6) is 0 Å². The molecule has 1 N–H and O–H groups in total. The first-order chi connectivity index (χ1) is 10.2. The Kier molecular flexibility index (Phi) is 4.58. The average Bonchev–Trinajstić information content (AvgIpc) is 3.24. The third-order valence-electron chi connectivity index (χ3n) is 4.56. The van der Waals surface area contributed by atoms with E-state index in [9.17, 15) is 14.7 Å². The van der Waals surface area contributed by atoms with Crippen LogP contribution in [-0.4, -0.2) is 43.7 Å². The molecule has 0 aromatic carbocycles. The van der Waals surface area contributed by atoms with Crippen molar-refractivity contribution in [3.8, 4) is 0 Å². The van der Waals surface area contributed by atoms with Crippen molar-refractivity contribution < 1.29 is 14.7 Å². The molecule has 1 fully saturated rings. The molecule has 0 bridgehead atoms. The first kappa shape index (κ1) is 16.5. The first-order valence-electron chi connectivity index (χ1n) is 7.78. The summed E-state index contributed by atoms with van der Waals surface area (Å²) in [4.78, 5) is 25.6. The van der Waals surface area contributed by atoms with Crippen LogP contribution in [0, 0.1) is 19.8 Å². The highest BCUT2D eigenvalue weighted by atomic mass is 16.4. The fourth-order valence-corrected chi connectivity index (χ4v) is 2.92. The topological polar surface area (TPSA) is 75.4 Å². The van der Waals surface area contributed by atoms with E-state index < -0.39 is 12.0 Å². The molecule has 122 valence electrons. The Morgan fingerprint density at radius 2 is 1.95 bits per heavy atom. The fourth-order valence-electron chi connectivity index (χ4n) is 2.92. The van der Waals surface area contributed by atoms with Crippen LogP contribution < -0.4 is 0 Å². The molecule has 0 saturated heterocycles. The lowest BCUT2D eigenvalue weighted by Gasteiger charge is -2.29. The van der Waals surface area contributed by atoms with Crippen LogP contribution in [0.1, 0.15) is 43.6 Å². The summed E-state index contributed by atoms with van der Waals surface area (Å²) in [6.45, 7) is 7.40. The molecule has 2 atom stereocenters. The second-order valence-corrected chi connectivity index (χ2v) is 6.37. The number of amides is 1. The molecular weight excluding hydrogens is 282 g/mol. The van der Waals surface area contributed by atoms with Gasteiger partial charge in [0.15, 0.2) is 0 Å². The van der Waals surface area contributed by atoms with E-state index in [1.54, 1.807) is 11.8 Å². The highest BCUT2D eigenvalue weighted by Gasteiger charge is 2.40. The molecule has 1 aliphatic carbocycles. The maximum Gasteiger partial charge on any atom is 0.326 e. The predicted octanol–water partition coefficient (Wildman–Crippen LogP) is 1.68. The quantitative estimate of drug-likeness (QED) is 0.867. The van der Waals surface area contributed by atoms with Crippen molar-refractivity contribution in [3.63, 3.8) is 0 Å². The monoisotopic (exact) mass is 307 g/mol. The van der Waals surface area contributed by atoms with Gasteiger partial charge in [-0.1, -0.05) is 6.92 Å². The number of carboxylic acids is 1. The van der Waals surface area contributed by atoms with Gasteiger partial charge in [0, 0.05) is 24.7 Å². The molecule has 1 aliphatic rings. The Morgan fingerprint density at radius 3 is 2.36 bits per heavy atom. The zero-order chi connectivity index (χ0) is 16.6. The molecule has 6 nitrogen and oxygen atoms in total. The van der Waals surface area contributed by atoms with Crippen LogP contribution in [0.2, 0.25) is 0 Å². The van der Waals surface area contributed by atoms with Crippen LogP contribution in [0.3, 0.4) is 0 Å². The molecule has 6 heteroatoms. The van der Waals surface area contributed by atoms with Crippen molar-refractivity contribution in [1.29, 1.82) is 0 Å². The van der Waals surface area contributed by atoms with Gasteiger partial charge in [0.1, 0.15) is 6.04 Å².